The standard InChI is InChI=1S/C11H6N2O3/c14-13(15)9-2-1-7-3-4-12-5-8-6-16-11(9)10(7)8/h1-6H. The second-order valence-electron chi connectivity index (χ2n) is 3.42. The van der Waals surface area contributed by atoms with Gasteiger partial charge in [-0.15, -0.1) is 0 Å². The van der Waals surface area contributed by atoms with Gasteiger partial charge in [0.25, 0.3) is 0 Å². The largest absolute Gasteiger partial charge is 0.456 e. The number of non-ortho nitro benzene ring substituents is 1. The fourth-order valence-corrected chi connectivity index (χ4v) is 1.81. The fourth-order valence-electron chi connectivity index (χ4n) is 1.81. The Morgan fingerprint density at radius 1 is 1.31 bits per heavy atom. The summed E-state index contributed by atoms with van der Waals surface area (Å²) in [6.07, 6.45) is 6.56. The van der Waals surface area contributed by atoms with Crippen molar-refractivity contribution in [2.24, 2.45) is 4.99 Å². The number of nitrogens with zero attached hydrogens (tertiary/aromatic N) is 2. The summed E-state index contributed by atoms with van der Waals surface area (Å²) in [6, 6.07) is 3.14. The van der Waals surface area contributed by atoms with Crippen LogP contribution in [0.1, 0.15) is 11.1 Å². The van der Waals surface area contributed by atoms with Crippen LogP contribution < -0.4 is 0 Å². The third kappa shape index (κ3) is 1.08. The number of benzene rings is 1. The van der Waals surface area contributed by atoms with E-state index in [-0.39, 0.29) is 5.69 Å². The molecule has 0 fully saturated rings. The number of rotatable bonds is 1. The van der Waals surface area contributed by atoms with E-state index >= 15 is 0 Å². The summed E-state index contributed by atoms with van der Waals surface area (Å²) in [5.41, 5.74) is 1.92. The molecule has 0 atom stereocenters. The Labute approximate surface area is 89.9 Å². The number of furan rings is 1. The molecule has 0 unspecified atom stereocenters. The van der Waals surface area contributed by atoms with Crippen LogP contribution in [0.3, 0.4) is 0 Å². The molecule has 0 saturated heterocycles. The molecule has 0 bridgehead atoms. The van der Waals surface area contributed by atoms with Crippen molar-refractivity contribution in [1.82, 2.24) is 0 Å². The van der Waals surface area contributed by atoms with Crippen LogP contribution in [0.5, 0.6) is 0 Å². The number of aliphatic imine (C=N–C) groups is 1. The van der Waals surface area contributed by atoms with E-state index in [9.17, 15) is 10.1 Å². The zero-order chi connectivity index (χ0) is 11.1. The lowest BCUT2D eigenvalue weighted by Crippen LogP contribution is -1.89. The van der Waals surface area contributed by atoms with Crippen molar-refractivity contribution >= 4 is 28.9 Å². The topological polar surface area (TPSA) is 68.6 Å². The van der Waals surface area contributed by atoms with Gasteiger partial charge in [-0.3, -0.25) is 15.1 Å². The van der Waals surface area contributed by atoms with Gasteiger partial charge in [0.2, 0.25) is 5.58 Å². The van der Waals surface area contributed by atoms with Gasteiger partial charge >= 0.3 is 5.69 Å². The van der Waals surface area contributed by atoms with Crippen LogP contribution in [0, 0.1) is 10.1 Å². The van der Waals surface area contributed by atoms with Crippen LogP contribution in [0.25, 0.3) is 17.0 Å². The van der Waals surface area contributed by atoms with Crippen molar-refractivity contribution in [3.05, 3.63) is 45.8 Å². The first-order chi connectivity index (χ1) is 7.77. The van der Waals surface area contributed by atoms with E-state index in [4.69, 9.17) is 4.42 Å². The molecule has 0 radical (unpaired) electrons. The molecule has 1 aliphatic heterocycles. The van der Waals surface area contributed by atoms with E-state index in [1.165, 1.54) is 12.3 Å². The lowest BCUT2D eigenvalue weighted by atomic mass is 10.1. The van der Waals surface area contributed by atoms with E-state index < -0.39 is 4.92 Å². The third-order valence-corrected chi connectivity index (χ3v) is 2.51. The maximum atomic E-state index is 10.8. The molecule has 1 aliphatic rings. The third-order valence-electron chi connectivity index (χ3n) is 2.51. The molecule has 5 nitrogen and oxygen atoms in total. The van der Waals surface area contributed by atoms with Crippen LogP contribution in [-0.2, 0) is 0 Å². The van der Waals surface area contributed by atoms with Crippen LogP contribution in [-0.4, -0.2) is 11.1 Å². The van der Waals surface area contributed by atoms with Crippen molar-refractivity contribution in [3.8, 4) is 0 Å². The van der Waals surface area contributed by atoms with E-state index in [0.717, 1.165) is 16.5 Å². The van der Waals surface area contributed by atoms with E-state index in [1.54, 1.807) is 24.6 Å². The summed E-state index contributed by atoms with van der Waals surface area (Å²) in [7, 11) is 0. The first-order valence-corrected chi connectivity index (χ1v) is 4.66. The average molecular weight is 214 g/mol. The highest BCUT2D eigenvalue weighted by atomic mass is 16.6. The monoisotopic (exact) mass is 214 g/mol. The molecule has 1 aromatic carbocycles. The minimum atomic E-state index is -0.446. The first kappa shape index (κ1) is 8.84. The van der Waals surface area contributed by atoms with Gasteiger partial charge in [-0.25, -0.2) is 0 Å². The molecule has 16 heavy (non-hydrogen) atoms. The van der Waals surface area contributed by atoms with Crippen molar-refractivity contribution in [2.45, 2.75) is 0 Å². The molecule has 1 aromatic heterocycles. The molecule has 3 rings (SSSR count). The highest BCUT2D eigenvalue weighted by molar-refractivity contribution is 6.06. The van der Waals surface area contributed by atoms with Crippen LogP contribution in [0.15, 0.2) is 34.0 Å². The molecule has 5 heteroatoms. The summed E-state index contributed by atoms with van der Waals surface area (Å²) >= 11 is 0. The summed E-state index contributed by atoms with van der Waals surface area (Å²) in [6.45, 7) is 0. The van der Waals surface area contributed by atoms with E-state index in [0.29, 0.717) is 5.58 Å². The SMILES string of the molecule is O=[N+]([O-])c1ccc2c3c(coc13)C=NC=C2. The zero-order valence-corrected chi connectivity index (χ0v) is 8.08. The number of nitro groups is 1. The van der Waals surface area contributed by atoms with Crippen molar-refractivity contribution < 1.29 is 9.34 Å². The minimum absolute atomic E-state index is 0.0197. The number of hydrogen-bond donors (Lipinski definition) is 0. The summed E-state index contributed by atoms with van der Waals surface area (Å²) in [5, 5.41) is 11.6. The molecule has 0 amide bonds. The Balaban J connectivity index is 2.47. The molecule has 0 spiro atoms. The highest BCUT2D eigenvalue weighted by Gasteiger charge is 2.19. The molecule has 0 saturated carbocycles. The highest BCUT2D eigenvalue weighted by Crippen LogP contribution is 2.33. The fraction of sp³-hybridized carbons (Fsp3) is 0. The molecular formula is C11H6N2O3. The lowest BCUT2D eigenvalue weighted by molar-refractivity contribution is -0.383. The molecule has 2 heterocycles. The molecule has 0 N–H and O–H groups in total. The zero-order valence-electron chi connectivity index (χ0n) is 8.08. The Hall–Kier alpha value is -2.43. The van der Waals surface area contributed by atoms with Gasteiger partial charge < -0.3 is 4.42 Å². The van der Waals surface area contributed by atoms with E-state index in [2.05, 4.69) is 4.99 Å². The predicted octanol–water partition coefficient (Wildman–Crippen LogP) is 2.74. The second-order valence-corrected chi connectivity index (χ2v) is 3.42. The van der Waals surface area contributed by atoms with E-state index in [1.807, 2.05) is 0 Å². The van der Waals surface area contributed by atoms with Crippen molar-refractivity contribution in [1.29, 1.82) is 0 Å². The Kier molecular flexibility index (Phi) is 1.67. The smallest absolute Gasteiger partial charge is 0.312 e. The quantitative estimate of drug-likeness (QED) is 0.541. The van der Waals surface area contributed by atoms with Crippen LogP contribution in [0.4, 0.5) is 5.69 Å². The molecular weight excluding hydrogens is 208 g/mol. The maximum absolute atomic E-state index is 10.8. The molecule has 0 aliphatic carbocycles. The summed E-state index contributed by atoms with van der Waals surface area (Å²) < 4.78 is 5.24. The van der Waals surface area contributed by atoms with Gasteiger partial charge in [0.15, 0.2) is 0 Å². The van der Waals surface area contributed by atoms with Gasteiger partial charge in [-0.2, -0.15) is 0 Å². The molecule has 78 valence electrons. The Morgan fingerprint density at radius 2 is 2.19 bits per heavy atom. The van der Waals surface area contributed by atoms with Gasteiger partial charge in [-0.05, 0) is 17.7 Å². The van der Waals surface area contributed by atoms with Crippen molar-refractivity contribution in [2.75, 3.05) is 0 Å². The van der Waals surface area contributed by atoms with Gasteiger partial charge in [0.1, 0.15) is 6.26 Å². The van der Waals surface area contributed by atoms with Gasteiger partial charge in [0, 0.05) is 29.4 Å². The molecule has 2 aromatic rings. The summed E-state index contributed by atoms with van der Waals surface area (Å²) in [4.78, 5) is 14.4. The summed E-state index contributed by atoms with van der Waals surface area (Å²) in [5.74, 6) is 0. The Morgan fingerprint density at radius 3 is 3.00 bits per heavy atom. The maximum Gasteiger partial charge on any atom is 0.312 e. The number of nitro benzene ring substituents is 1. The van der Waals surface area contributed by atoms with Crippen molar-refractivity contribution in [3.63, 3.8) is 0 Å². The predicted molar refractivity (Wildman–Crippen MR) is 59.5 cm³/mol. The number of hydrogen-bond acceptors (Lipinski definition) is 4. The van der Waals surface area contributed by atoms with Crippen LogP contribution >= 0.6 is 0 Å². The first-order valence-electron chi connectivity index (χ1n) is 4.66. The van der Waals surface area contributed by atoms with Gasteiger partial charge in [-0.1, -0.05) is 0 Å². The lowest BCUT2D eigenvalue weighted by Gasteiger charge is -1.97. The minimum Gasteiger partial charge on any atom is -0.456 e. The van der Waals surface area contributed by atoms with Gasteiger partial charge in [0.05, 0.1) is 4.92 Å². The average Bonchev–Trinajstić information content (AvgIpc) is 2.56. The normalized spacial score (nSPS) is 13.0. The Bertz CT molecular complexity index is 653. The van der Waals surface area contributed by atoms with Crippen LogP contribution in [0.2, 0.25) is 0 Å². The second kappa shape index (κ2) is 3.03.